The van der Waals surface area contributed by atoms with Crippen molar-refractivity contribution >= 4 is 21.7 Å². The minimum Gasteiger partial charge on any atom is -0.394 e. The second kappa shape index (κ2) is 8.22. The first-order valence-corrected chi connectivity index (χ1v) is 8.77. The molecule has 12 nitrogen and oxygen atoms in total. The zero-order valence-corrected chi connectivity index (χ0v) is 15.7. The molecule has 0 saturated carbocycles. The molecule has 10 atom stereocenters. The number of aliphatic hydroxyl groups excluding tert-OH is 7. The Labute approximate surface area is 161 Å². The average molecular weight is 463 g/mol. The number of hydrogen-bond donors (Lipinski definition) is 8. The predicted molar refractivity (Wildman–Crippen MR) is 86.1 cm³/mol. The molecule has 2 aliphatic rings. The van der Waals surface area contributed by atoms with Gasteiger partial charge in [0.2, 0.25) is 0 Å². The van der Waals surface area contributed by atoms with Crippen molar-refractivity contribution in [2.45, 2.75) is 66.2 Å². The lowest BCUT2D eigenvalue weighted by Gasteiger charge is -2.52. The van der Waals surface area contributed by atoms with Gasteiger partial charge in [0.15, 0.2) is 28.5 Å². The molecule has 0 aromatic rings. The largest absolute Gasteiger partial charge is 0.394 e. The van der Waals surface area contributed by atoms with Gasteiger partial charge in [-0.3, -0.25) is 4.79 Å². The summed E-state index contributed by atoms with van der Waals surface area (Å²) >= 11 is 2.83. The first kappa shape index (κ1) is 23.0. The van der Waals surface area contributed by atoms with Crippen LogP contribution in [0.4, 0.5) is 0 Å². The van der Waals surface area contributed by atoms with Crippen molar-refractivity contribution in [3.8, 4) is 0 Å². The second-order valence-electron chi connectivity index (χ2n) is 6.46. The van der Waals surface area contributed by atoms with E-state index in [1.165, 1.54) is 0 Å². The van der Waals surface area contributed by atoms with Crippen LogP contribution < -0.4 is 0 Å². The minimum absolute atomic E-state index is 0.756. The Morgan fingerprint density at radius 1 is 1.11 bits per heavy atom. The third-order valence-corrected chi connectivity index (χ3v) is 5.82. The van der Waals surface area contributed by atoms with Crippen LogP contribution in [0.3, 0.4) is 0 Å². The van der Waals surface area contributed by atoms with Gasteiger partial charge in [0.05, 0.1) is 13.2 Å². The van der Waals surface area contributed by atoms with Crippen molar-refractivity contribution in [2.24, 2.45) is 0 Å². The third-order valence-electron chi connectivity index (χ3n) is 4.77. The molecule has 0 aromatic carbocycles. The van der Waals surface area contributed by atoms with E-state index in [9.17, 15) is 45.6 Å². The van der Waals surface area contributed by atoms with Crippen LogP contribution in [0.5, 0.6) is 0 Å². The van der Waals surface area contributed by atoms with E-state index in [0.717, 1.165) is 6.92 Å². The quantitative estimate of drug-likeness (QED) is 0.181. The number of ketones is 1. The highest BCUT2D eigenvalue weighted by Crippen LogP contribution is 2.44. The fourth-order valence-electron chi connectivity index (χ4n) is 3.09. The number of hydrogen-bond acceptors (Lipinski definition) is 12. The molecule has 27 heavy (non-hydrogen) atoms. The topological polar surface area (TPSA) is 207 Å². The molecule has 2 heterocycles. The van der Waals surface area contributed by atoms with Crippen molar-refractivity contribution in [3.63, 3.8) is 0 Å². The highest BCUT2D eigenvalue weighted by Gasteiger charge is 2.66. The van der Waals surface area contributed by atoms with Crippen molar-refractivity contribution in [3.05, 3.63) is 0 Å². The first-order valence-electron chi connectivity index (χ1n) is 7.97. The maximum absolute atomic E-state index is 11.8. The number of alkyl halides is 1. The SMILES string of the molecule is CC(=O)[C@]1(O)[C@@H](O)[C@@H](O)[C@@H](O[C@H]2[C@H](O)[C@@H](O)[C@H](O)O[C@@H]2CO)O[C@@]1(Br)CO. The van der Waals surface area contributed by atoms with Gasteiger partial charge in [-0.05, 0) is 22.9 Å². The molecule has 0 radical (unpaired) electrons. The lowest BCUT2D eigenvalue weighted by Crippen LogP contribution is -2.75. The van der Waals surface area contributed by atoms with E-state index in [1.807, 2.05) is 0 Å². The van der Waals surface area contributed by atoms with E-state index < -0.39 is 78.3 Å². The lowest BCUT2D eigenvalue weighted by atomic mass is 9.81. The second-order valence-corrected chi connectivity index (χ2v) is 7.74. The molecule has 0 bridgehead atoms. The molecule has 0 unspecified atom stereocenters. The molecule has 0 spiro atoms. The predicted octanol–water partition coefficient (Wildman–Crippen LogP) is -4.72. The van der Waals surface area contributed by atoms with E-state index in [1.54, 1.807) is 0 Å². The Bertz CT molecular complexity index is 548. The van der Waals surface area contributed by atoms with Crippen LogP contribution in [0.1, 0.15) is 6.92 Å². The molecule has 0 aliphatic carbocycles. The van der Waals surface area contributed by atoms with Crippen LogP contribution >= 0.6 is 15.9 Å². The van der Waals surface area contributed by atoms with Crippen LogP contribution in [0.25, 0.3) is 0 Å². The number of carbonyl (C=O) groups is 1. The van der Waals surface area contributed by atoms with Crippen LogP contribution in [0, 0.1) is 0 Å². The molecule has 0 amide bonds. The molecule has 158 valence electrons. The zero-order valence-electron chi connectivity index (χ0n) is 14.1. The molecule has 2 aliphatic heterocycles. The molecule has 0 aromatic heterocycles. The van der Waals surface area contributed by atoms with E-state index in [4.69, 9.17) is 14.2 Å². The number of ether oxygens (including phenoxy) is 3. The van der Waals surface area contributed by atoms with Crippen molar-refractivity contribution < 1.29 is 59.9 Å². The summed E-state index contributed by atoms with van der Waals surface area (Å²) in [5, 5.41) is 79.2. The van der Waals surface area contributed by atoms with Crippen LogP contribution in [0.15, 0.2) is 0 Å². The monoisotopic (exact) mass is 462 g/mol. The number of Topliss-reactive ketones (excluding diaryl/α,β-unsaturated/α-hetero) is 1. The third kappa shape index (κ3) is 3.68. The summed E-state index contributed by atoms with van der Waals surface area (Å²) < 4.78 is 13.2. The number of aliphatic hydroxyl groups is 8. The van der Waals surface area contributed by atoms with E-state index in [2.05, 4.69) is 15.9 Å². The van der Waals surface area contributed by atoms with Gasteiger partial charge in [-0.25, -0.2) is 0 Å². The average Bonchev–Trinajstić information content (AvgIpc) is 2.63. The number of carbonyl (C=O) groups excluding carboxylic acids is 1. The number of rotatable bonds is 5. The van der Waals surface area contributed by atoms with Gasteiger partial charge in [-0.1, -0.05) is 0 Å². The molecule has 8 N–H and O–H groups in total. The standard InChI is InChI=1S/C14H23BrO12/c1-4(18)14(24)10(22)8(21)12(27-13(14,15)3-17)26-9-5(2-16)25-11(23)7(20)6(9)19/h5-12,16-17,19-24H,2-3H2,1H3/t5-,6-,7-,8-,9-,10+,11-,12+,13+,14+/m1/s1. The Kier molecular flexibility index (Phi) is 7.00. The molecular formula is C14H23BrO12. The van der Waals surface area contributed by atoms with Gasteiger partial charge in [0.25, 0.3) is 0 Å². The molecule has 2 rings (SSSR count). The highest BCUT2D eigenvalue weighted by atomic mass is 79.9. The van der Waals surface area contributed by atoms with Gasteiger partial charge in [0, 0.05) is 0 Å². The molecular weight excluding hydrogens is 440 g/mol. The van der Waals surface area contributed by atoms with E-state index in [0.29, 0.717) is 0 Å². The summed E-state index contributed by atoms with van der Waals surface area (Å²) in [6, 6.07) is 0. The Balaban J connectivity index is 2.30. The van der Waals surface area contributed by atoms with Crippen LogP contribution in [-0.4, -0.2) is 119 Å². The van der Waals surface area contributed by atoms with Crippen LogP contribution in [-0.2, 0) is 19.0 Å². The lowest BCUT2D eigenvalue weighted by molar-refractivity contribution is -0.369. The fourth-order valence-corrected chi connectivity index (χ4v) is 3.79. The normalized spacial score (nSPS) is 51.2. The smallest absolute Gasteiger partial charge is 0.192 e. The van der Waals surface area contributed by atoms with E-state index >= 15 is 0 Å². The summed E-state index contributed by atoms with van der Waals surface area (Å²) in [7, 11) is 0. The number of halogens is 1. The molecule has 2 fully saturated rings. The zero-order chi connectivity index (χ0) is 20.7. The summed E-state index contributed by atoms with van der Waals surface area (Å²) in [5.41, 5.74) is -2.74. The van der Waals surface area contributed by atoms with Gasteiger partial charge >= 0.3 is 0 Å². The van der Waals surface area contributed by atoms with Gasteiger partial charge in [0.1, 0.15) is 36.6 Å². The molecule has 13 heteroatoms. The summed E-state index contributed by atoms with van der Waals surface area (Å²) in [6.45, 7) is -0.876. The summed E-state index contributed by atoms with van der Waals surface area (Å²) in [5.74, 6) is -1.02. The van der Waals surface area contributed by atoms with Crippen LogP contribution in [0.2, 0.25) is 0 Å². The Hall–Kier alpha value is -0.290. The maximum atomic E-state index is 11.8. The van der Waals surface area contributed by atoms with E-state index in [-0.39, 0.29) is 0 Å². The van der Waals surface area contributed by atoms with Gasteiger partial charge in [-0.15, -0.1) is 0 Å². The van der Waals surface area contributed by atoms with Crippen molar-refractivity contribution in [1.29, 1.82) is 0 Å². The molecule has 2 saturated heterocycles. The van der Waals surface area contributed by atoms with Gasteiger partial charge in [-0.2, -0.15) is 0 Å². The summed E-state index contributed by atoms with van der Waals surface area (Å²) in [6.07, 6.45) is -14.4. The van der Waals surface area contributed by atoms with Crippen molar-refractivity contribution in [2.75, 3.05) is 13.2 Å². The maximum Gasteiger partial charge on any atom is 0.192 e. The Morgan fingerprint density at radius 3 is 2.19 bits per heavy atom. The first-order chi connectivity index (χ1) is 12.4. The Morgan fingerprint density at radius 2 is 1.70 bits per heavy atom. The summed E-state index contributed by atoms with van der Waals surface area (Å²) in [4.78, 5) is 11.8. The van der Waals surface area contributed by atoms with Crippen molar-refractivity contribution in [1.82, 2.24) is 0 Å². The van der Waals surface area contributed by atoms with Gasteiger partial charge < -0.3 is 55.1 Å². The minimum atomic E-state index is -2.74. The highest BCUT2D eigenvalue weighted by molar-refractivity contribution is 9.10. The fraction of sp³-hybridized carbons (Fsp3) is 0.929.